The largest absolute Gasteiger partial charge is 0.488 e. The predicted octanol–water partition coefficient (Wildman–Crippen LogP) is 3.89. The second-order valence-electron chi connectivity index (χ2n) is 6.43. The summed E-state index contributed by atoms with van der Waals surface area (Å²) in [5.74, 6) is 0.804. The van der Waals surface area contributed by atoms with Crippen LogP contribution in [0.25, 0.3) is 6.08 Å². The van der Waals surface area contributed by atoms with Crippen LogP contribution in [-0.2, 0) is 11.4 Å². The second kappa shape index (κ2) is 8.39. The van der Waals surface area contributed by atoms with Gasteiger partial charge in [0.15, 0.2) is 12.4 Å². The number of benzene rings is 2. The Bertz CT molecular complexity index is 1080. The van der Waals surface area contributed by atoms with Crippen LogP contribution in [0.3, 0.4) is 0 Å². The number of carbonyl (C=O) groups excluding carboxylic acids is 2. The van der Waals surface area contributed by atoms with E-state index in [1.54, 1.807) is 36.7 Å². The summed E-state index contributed by atoms with van der Waals surface area (Å²) < 4.78 is 11.2. The number of carbonyl (C=O) groups is 2. The van der Waals surface area contributed by atoms with Crippen molar-refractivity contribution in [2.24, 2.45) is 0 Å². The molecule has 4 rings (SSSR count). The number of nitrogens with zero attached hydrogens (tertiary/aromatic N) is 1. The average Bonchev–Trinajstić information content (AvgIpc) is 2.76. The molecule has 0 saturated heterocycles. The first-order valence-corrected chi connectivity index (χ1v) is 9.09. The monoisotopic (exact) mass is 386 g/mol. The molecule has 2 heterocycles. The number of para-hydroxylation sites is 1. The smallest absolute Gasteiger partial charge is 0.262 e. The van der Waals surface area contributed by atoms with Gasteiger partial charge in [-0.25, -0.2) is 0 Å². The molecular formula is C23H18N2O4. The predicted molar refractivity (Wildman–Crippen MR) is 109 cm³/mol. The SMILES string of the molecule is O=C1COc2ccc(C(=O)/C=C/c3ccccc3OCc3cccnc3)cc2N1. The Morgan fingerprint density at radius 3 is 2.93 bits per heavy atom. The third-order valence-electron chi connectivity index (χ3n) is 4.35. The number of amides is 1. The number of pyridine rings is 1. The van der Waals surface area contributed by atoms with Gasteiger partial charge in [0.25, 0.3) is 5.91 Å². The Balaban J connectivity index is 1.48. The quantitative estimate of drug-likeness (QED) is 0.514. The third-order valence-corrected chi connectivity index (χ3v) is 4.35. The fourth-order valence-corrected chi connectivity index (χ4v) is 2.89. The number of ether oxygens (including phenoxy) is 2. The van der Waals surface area contributed by atoms with Crippen LogP contribution < -0.4 is 14.8 Å². The molecule has 1 N–H and O–H groups in total. The van der Waals surface area contributed by atoms with Gasteiger partial charge in [-0.1, -0.05) is 24.3 Å². The lowest BCUT2D eigenvalue weighted by Gasteiger charge is -2.18. The summed E-state index contributed by atoms with van der Waals surface area (Å²) in [5.41, 5.74) is 2.71. The lowest BCUT2D eigenvalue weighted by atomic mass is 10.1. The van der Waals surface area contributed by atoms with Crippen molar-refractivity contribution in [3.63, 3.8) is 0 Å². The van der Waals surface area contributed by atoms with Gasteiger partial charge in [0, 0.05) is 29.1 Å². The number of rotatable bonds is 6. The number of ketones is 1. The van der Waals surface area contributed by atoms with Crippen molar-refractivity contribution in [3.05, 3.63) is 89.8 Å². The molecule has 1 aliphatic rings. The van der Waals surface area contributed by atoms with E-state index in [0.29, 0.717) is 29.4 Å². The highest BCUT2D eigenvalue weighted by molar-refractivity contribution is 6.08. The zero-order valence-corrected chi connectivity index (χ0v) is 15.5. The molecule has 0 aliphatic carbocycles. The van der Waals surface area contributed by atoms with Crippen LogP contribution in [-0.4, -0.2) is 23.3 Å². The van der Waals surface area contributed by atoms with E-state index in [1.807, 2.05) is 36.4 Å². The molecule has 6 nitrogen and oxygen atoms in total. The van der Waals surface area contributed by atoms with Crippen molar-refractivity contribution in [2.75, 3.05) is 11.9 Å². The molecule has 6 heteroatoms. The minimum Gasteiger partial charge on any atom is -0.488 e. The molecule has 0 fully saturated rings. The molecule has 144 valence electrons. The first kappa shape index (κ1) is 18.4. The molecule has 29 heavy (non-hydrogen) atoms. The van der Waals surface area contributed by atoms with E-state index in [1.165, 1.54) is 6.08 Å². The van der Waals surface area contributed by atoms with Gasteiger partial charge in [-0.2, -0.15) is 0 Å². The summed E-state index contributed by atoms with van der Waals surface area (Å²) in [6.07, 6.45) is 6.67. The first-order valence-electron chi connectivity index (χ1n) is 9.09. The molecule has 2 aromatic carbocycles. The fraction of sp³-hybridized carbons (Fsp3) is 0.0870. The molecule has 0 unspecified atom stereocenters. The van der Waals surface area contributed by atoms with Gasteiger partial charge in [0.2, 0.25) is 0 Å². The summed E-state index contributed by atoms with van der Waals surface area (Å²) in [6.45, 7) is 0.368. The molecule has 0 bridgehead atoms. The highest BCUT2D eigenvalue weighted by Crippen LogP contribution is 2.29. The maximum Gasteiger partial charge on any atom is 0.262 e. The highest BCUT2D eigenvalue weighted by atomic mass is 16.5. The second-order valence-corrected chi connectivity index (χ2v) is 6.43. The van der Waals surface area contributed by atoms with Crippen LogP contribution in [0.15, 0.2) is 73.1 Å². The Kier molecular flexibility index (Phi) is 5.33. The molecule has 1 amide bonds. The van der Waals surface area contributed by atoms with Crippen LogP contribution in [0.1, 0.15) is 21.5 Å². The van der Waals surface area contributed by atoms with Gasteiger partial charge in [0.05, 0.1) is 5.69 Å². The molecule has 1 aromatic heterocycles. The summed E-state index contributed by atoms with van der Waals surface area (Å²) >= 11 is 0. The Morgan fingerprint density at radius 2 is 2.07 bits per heavy atom. The van der Waals surface area contributed by atoms with E-state index in [9.17, 15) is 9.59 Å². The highest BCUT2D eigenvalue weighted by Gasteiger charge is 2.17. The van der Waals surface area contributed by atoms with Crippen LogP contribution >= 0.6 is 0 Å². The number of aromatic nitrogens is 1. The van der Waals surface area contributed by atoms with Crippen molar-refractivity contribution < 1.29 is 19.1 Å². The van der Waals surface area contributed by atoms with Crippen LogP contribution in [0.4, 0.5) is 5.69 Å². The zero-order chi connectivity index (χ0) is 20.1. The van der Waals surface area contributed by atoms with Crippen LogP contribution in [0, 0.1) is 0 Å². The van der Waals surface area contributed by atoms with E-state index in [2.05, 4.69) is 10.3 Å². The van der Waals surface area contributed by atoms with Crippen molar-refractivity contribution >= 4 is 23.5 Å². The summed E-state index contributed by atoms with van der Waals surface area (Å²) in [4.78, 5) is 28.1. The molecule has 1 aliphatic heterocycles. The maximum absolute atomic E-state index is 12.6. The molecule has 0 spiro atoms. The van der Waals surface area contributed by atoms with Crippen LogP contribution in [0.2, 0.25) is 0 Å². The van der Waals surface area contributed by atoms with E-state index in [0.717, 1.165) is 11.1 Å². The van der Waals surface area contributed by atoms with Gasteiger partial charge in [-0.15, -0.1) is 0 Å². The van der Waals surface area contributed by atoms with Gasteiger partial charge >= 0.3 is 0 Å². The van der Waals surface area contributed by atoms with Gasteiger partial charge < -0.3 is 14.8 Å². The number of fused-ring (bicyclic) bond motifs is 1. The minimum atomic E-state index is -0.239. The lowest BCUT2D eigenvalue weighted by Crippen LogP contribution is -2.25. The number of hydrogen-bond acceptors (Lipinski definition) is 5. The fourth-order valence-electron chi connectivity index (χ4n) is 2.89. The number of anilines is 1. The standard InChI is InChI=1S/C23H18N2O4/c26-20(18-8-10-22-19(12-18)25-23(27)15-29-22)9-7-17-5-1-2-6-21(17)28-14-16-4-3-11-24-13-16/h1-13H,14-15H2,(H,25,27)/b9-7+. The summed E-state index contributed by atoms with van der Waals surface area (Å²) in [5, 5.41) is 2.70. The lowest BCUT2D eigenvalue weighted by molar-refractivity contribution is -0.118. The molecule has 0 radical (unpaired) electrons. The van der Waals surface area contributed by atoms with Gasteiger partial charge in [-0.3, -0.25) is 14.6 Å². The number of nitrogens with one attached hydrogen (secondary N) is 1. The third kappa shape index (κ3) is 4.50. The minimum absolute atomic E-state index is 0.0178. The Labute approximate surface area is 167 Å². The van der Waals surface area contributed by atoms with Crippen molar-refractivity contribution in [2.45, 2.75) is 6.61 Å². The molecule has 0 saturated carbocycles. The van der Waals surface area contributed by atoms with Crippen molar-refractivity contribution in [3.8, 4) is 11.5 Å². The van der Waals surface area contributed by atoms with Crippen molar-refractivity contribution in [1.82, 2.24) is 4.98 Å². The summed E-state index contributed by atoms with van der Waals surface area (Å²) in [7, 11) is 0. The van der Waals surface area contributed by atoms with Crippen molar-refractivity contribution in [1.29, 1.82) is 0 Å². The maximum atomic E-state index is 12.6. The van der Waals surface area contributed by atoms with E-state index in [-0.39, 0.29) is 18.3 Å². The number of allylic oxidation sites excluding steroid dienone is 1. The average molecular weight is 386 g/mol. The molecular weight excluding hydrogens is 368 g/mol. The van der Waals surface area contributed by atoms with Crippen LogP contribution in [0.5, 0.6) is 11.5 Å². The normalized spacial score (nSPS) is 12.8. The topological polar surface area (TPSA) is 77.5 Å². The molecule has 0 atom stereocenters. The zero-order valence-electron chi connectivity index (χ0n) is 15.5. The van der Waals surface area contributed by atoms with E-state index in [4.69, 9.17) is 9.47 Å². The Hall–Kier alpha value is -3.93. The first-order chi connectivity index (χ1) is 14.2. The number of hydrogen-bond donors (Lipinski definition) is 1. The summed E-state index contributed by atoms with van der Waals surface area (Å²) in [6, 6.07) is 16.3. The van der Waals surface area contributed by atoms with E-state index >= 15 is 0 Å². The van der Waals surface area contributed by atoms with Gasteiger partial charge in [-0.05, 0) is 42.5 Å². The molecule has 3 aromatic rings. The van der Waals surface area contributed by atoms with Gasteiger partial charge in [0.1, 0.15) is 18.1 Å². The Morgan fingerprint density at radius 1 is 1.17 bits per heavy atom. The van der Waals surface area contributed by atoms with E-state index < -0.39 is 0 Å².